The molecule has 144 valence electrons. The maximum Gasteiger partial charge on any atom is 0.522 e. The largest absolute Gasteiger partial charge is 0.522 e. The number of aryl methyl sites for hydroxylation is 1. The summed E-state index contributed by atoms with van der Waals surface area (Å²) < 4.78 is 66.5. The van der Waals surface area contributed by atoms with Gasteiger partial charge in [0.25, 0.3) is 0 Å². The Kier molecular flexibility index (Phi) is 7.11. The lowest BCUT2D eigenvalue weighted by Gasteiger charge is -2.37. The van der Waals surface area contributed by atoms with Crippen LogP contribution >= 0.6 is 0 Å². The van der Waals surface area contributed by atoms with Gasteiger partial charge in [-0.05, 0) is 47.7 Å². The second-order valence-corrected chi connectivity index (χ2v) is 13.5. The van der Waals surface area contributed by atoms with Crippen LogP contribution in [-0.2, 0) is 20.4 Å². The maximum absolute atomic E-state index is 12.8. The zero-order valence-electron chi connectivity index (χ0n) is 14.8. The first-order chi connectivity index (χ1) is 11.3. The number of rotatable bonds is 8. The van der Waals surface area contributed by atoms with E-state index in [2.05, 4.69) is 0 Å². The normalized spacial score (nSPS) is 13.6. The molecule has 0 aliphatic rings. The first-order valence-electron chi connectivity index (χ1n) is 8.11. The van der Waals surface area contributed by atoms with Gasteiger partial charge in [0.1, 0.15) is 5.75 Å². The molecule has 0 radical (unpaired) electrons. The third-order valence-electron chi connectivity index (χ3n) is 4.47. The summed E-state index contributed by atoms with van der Waals surface area (Å²) in [4.78, 5) is 0. The molecule has 1 aromatic rings. The molecule has 0 aromatic heterocycles. The number of hydrogen-bond acceptors (Lipinski definition) is 4. The average molecular weight is 399 g/mol. The summed E-state index contributed by atoms with van der Waals surface area (Å²) in [6, 6.07) is 6.84. The van der Waals surface area contributed by atoms with E-state index in [0.29, 0.717) is 18.9 Å². The number of alkyl halides is 3. The molecular weight excluding hydrogens is 373 g/mol. The Morgan fingerprint density at radius 2 is 1.56 bits per heavy atom. The van der Waals surface area contributed by atoms with E-state index in [1.807, 2.05) is 0 Å². The lowest BCUT2D eigenvalue weighted by Crippen LogP contribution is -2.48. The van der Waals surface area contributed by atoms with Gasteiger partial charge in [-0.1, -0.05) is 39.8 Å². The van der Waals surface area contributed by atoms with E-state index < -0.39 is 23.9 Å². The zero-order chi connectivity index (χ0) is 19.5. The van der Waals surface area contributed by atoms with Crippen LogP contribution in [0.1, 0.15) is 39.7 Å². The van der Waals surface area contributed by atoms with Crippen molar-refractivity contribution in [3.8, 4) is 5.75 Å². The van der Waals surface area contributed by atoms with Crippen LogP contribution in [0.2, 0.25) is 17.1 Å². The average Bonchev–Trinajstić information content (AvgIpc) is 2.46. The lowest BCUT2D eigenvalue weighted by atomic mass is 10.1. The quantitative estimate of drug-likeness (QED) is 0.497. The molecule has 1 rings (SSSR count). The van der Waals surface area contributed by atoms with E-state index in [9.17, 15) is 26.7 Å². The standard InChI is InChI=1S/C16H25F3O4SSi/c1-12(2)25(13(3)4,23-24(21,22)16(17,18)19)11-5-6-14-7-9-15(20)10-8-14/h7-10,12-13,20H,5-6,11H2,1-4H3. The summed E-state index contributed by atoms with van der Waals surface area (Å²) in [6.45, 7) is 6.88. The highest BCUT2D eigenvalue weighted by Crippen LogP contribution is 2.42. The van der Waals surface area contributed by atoms with Crippen molar-refractivity contribution in [2.24, 2.45) is 0 Å². The predicted octanol–water partition coefficient (Wildman–Crippen LogP) is 4.96. The van der Waals surface area contributed by atoms with Crippen molar-refractivity contribution in [2.75, 3.05) is 0 Å². The van der Waals surface area contributed by atoms with Gasteiger partial charge in [-0.15, -0.1) is 0 Å². The minimum Gasteiger partial charge on any atom is -0.508 e. The second kappa shape index (κ2) is 8.09. The molecule has 0 atom stereocenters. The first-order valence-corrected chi connectivity index (χ1v) is 11.8. The highest BCUT2D eigenvalue weighted by molar-refractivity contribution is 7.88. The van der Waals surface area contributed by atoms with Gasteiger partial charge in [-0.25, -0.2) is 0 Å². The number of phenols is 1. The van der Waals surface area contributed by atoms with Crippen molar-refractivity contribution in [1.82, 2.24) is 0 Å². The van der Waals surface area contributed by atoms with Gasteiger partial charge in [0.2, 0.25) is 8.32 Å². The Morgan fingerprint density at radius 3 is 1.96 bits per heavy atom. The molecule has 0 aliphatic carbocycles. The fourth-order valence-corrected chi connectivity index (χ4v) is 10.1. The summed E-state index contributed by atoms with van der Waals surface area (Å²) in [5, 5.41) is 9.27. The molecule has 9 heteroatoms. The molecule has 0 bridgehead atoms. The summed E-state index contributed by atoms with van der Waals surface area (Å²) in [5.74, 6) is 0.136. The van der Waals surface area contributed by atoms with Crippen molar-refractivity contribution in [3.05, 3.63) is 29.8 Å². The highest BCUT2D eigenvalue weighted by Gasteiger charge is 2.54. The van der Waals surface area contributed by atoms with E-state index in [1.54, 1.807) is 39.8 Å². The third-order valence-corrected chi connectivity index (χ3v) is 12.2. The van der Waals surface area contributed by atoms with Crippen LogP contribution in [0.3, 0.4) is 0 Å². The van der Waals surface area contributed by atoms with E-state index in [-0.39, 0.29) is 16.8 Å². The second-order valence-electron chi connectivity index (χ2n) is 6.77. The van der Waals surface area contributed by atoms with Gasteiger partial charge in [-0.3, -0.25) is 0 Å². The van der Waals surface area contributed by atoms with E-state index >= 15 is 0 Å². The third kappa shape index (κ3) is 5.45. The summed E-state index contributed by atoms with van der Waals surface area (Å²) >= 11 is 0. The number of benzene rings is 1. The van der Waals surface area contributed by atoms with Gasteiger partial charge in [0.05, 0.1) is 0 Å². The van der Waals surface area contributed by atoms with E-state index in [1.165, 1.54) is 12.1 Å². The molecule has 0 saturated carbocycles. The molecule has 0 heterocycles. The van der Waals surface area contributed by atoms with Crippen LogP contribution in [0.5, 0.6) is 5.75 Å². The summed E-state index contributed by atoms with van der Waals surface area (Å²) in [6.07, 6.45) is 1.09. The molecule has 0 aliphatic heterocycles. The molecule has 4 nitrogen and oxygen atoms in total. The van der Waals surface area contributed by atoms with Gasteiger partial charge in [0.15, 0.2) is 0 Å². The van der Waals surface area contributed by atoms with Gasteiger partial charge in [0, 0.05) is 0 Å². The molecule has 0 amide bonds. The van der Waals surface area contributed by atoms with Crippen LogP contribution in [0, 0.1) is 0 Å². The number of hydrogen-bond donors (Lipinski definition) is 1. The summed E-state index contributed by atoms with van der Waals surface area (Å²) in [5.41, 5.74) is -5.06. The molecule has 1 N–H and O–H groups in total. The topological polar surface area (TPSA) is 63.6 Å². The Morgan fingerprint density at radius 1 is 1.08 bits per heavy atom. The Bertz CT molecular complexity index is 647. The van der Waals surface area contributed by atoms with Crippen molar-refractivity contribution in [2.45, 2.75) is 63.2 Å². The Balaban J connectivity index is 2.98. The number of phenolic OH excluding ortho intramolecular Hbond substituents is 1. The predicted molar refractivity (Wildman–Crippen MR) is 93.2 cm³/mol. The minimum atomic E-state index is -5.62. The number of halogens is 3. The molecule has 0 saturated heterocycles. The fourth-order valence-electron chi connectivity index (χ4n) is 2.96. The van der Waals surface area contributed by atoms with Crippen LogP contribution in [0.25, 0.3) is 0 Å². The monoisotopic (exact) mass is 398 g/mol. The maximum atomic E-state index is 12.8. The van der Waals surface area contributed by atoms with Crippen LogP contribution in [0.4, 0.5) is 13.2 Å². The first kappa shape index (κ1) is 22.0. The van der Waals surface area contributed by atoms with Gasteiger partial charge in [-0.2, -0.15) is 21.6 Å². The zero-order valence-corrected chi connectivity index (χ0v) is 16.6. The molecule has 0 unspecified atom stereocenters. The van der Waals surface area contributed by atoms with Gasteiger partial charge >= 0.3 is 15.6 Å². The minimum absolute atomic E-state index is 0.136. The van der Waals surface area contributed by atoms with Gasteiger partial charge < -0.3 is 8.98 Å². The van der Waals surface area contributed by atoms with Crippen molar-refractivity contribution in [1.29, 1.82) is 0 Å². The molecule has 25 heavy (non-hydrogen) atoms. The van der Waals surface area contributed by atoms with Crippen LogP contribution < -0.4 is 0 Å². The van der Waals surface area contributed by atoms with E-state index in [0.717, 1.165) is 5.56 Å². The smallest absolute Gasteiger partial charge is 0.508 e. The molecule has 0 fully saturated rings. The van der Waals surface area contributed by atoms with Crippen LogP contribution in [-0.4, -0.2) is 27.4 Å². The number of aromatic hydroxyl groups is 1. The van der Waals surface area contributed by atoms with Crippen LogP contribution in [0.15, 0.2) is 24.3 Å². The summed E-state index contributed by atoms with van der Waals surface area (Å²) in [7, 11) is -8.83. The highest BCUT2D eigenvalue weighted by atomic mass is 32.2. The van der Waals surface area contributed by atoms with Crippen molar-refractivity contribution < 1.29 is 30.6 Å². The molecular formula is C16H25F3O4SSi. The SMILES string of the molecule is CC(C)[Si](CCCc1ccc(O)cc1)(OS(=O)(=O)C(F)(F)F)C(C)C. The fraction of sp³-hybridized carbons (Fsp3) is 0.625. The lowest BCUT2D eigenvalue weighted by molar-refractivity contribution is -0.0505. The Labute approximate surface area is 148 Å². The van der Waals surface area contributed by atoms with E-state index in [4.69, 9.17) is 3.87 Å². The molecule has 1 aromatic carbocycles. The Hall–Kier alpha value is -1.06. The van der Waals surface area contributed by atoms with Crippen molar-refractivity contribution >= 4 is 18.4 Å². The van der Waals surface area contributed by atoms with Crippen molar-refractivity contribution in [3.63, 3.8) is 0 Å². The molecule has 0 spiro atoms.